The van der Waals surface area contributed by atoms with Crippen LogP contribution in [0.25, 0.3) is 0 Å². The molecule has 0 heterocycles. The molecule has 0 unspecified atom stereocenters. The topological polar surface area (TPSA) is 105 Å². The van der Waals surface area contributed by atoms with Crippen molar-refractivity contribution in [2.45, 2.75) is 104 Å². The van der Waals surface area contributed by atoms with Crippen LogP contribution in [0, 0.1) is 0 Å². The van der Waals surface area contributed by atoms with Crippen LogP contribution in [-0.2, 0) is 38.1 Å². The van der Waals surface area contributed by atoms with E-state index in [9.17, 15) is 19.2 Å². The smallest absolute Gasteiger partial charge is 0.352 e. The van der Waals surface area contributed by atoms with Crippen molar-refractivity contribution in [2.75, 3.05) is 0 Å². The Hall–Kier alpha value is -2.12. The van der Waals surface area contributed by atoms with Crippen LogP contribution in [0.15, 0.2) is 0 Å². The summed E-state index contributed by atoms with van der Waals surface area (Å²) in [7, 11) is 0. The minimum absolute atomic E-state index is 0.683. The fraction of sp³-hybridized carbons (Fsp3) is 0.800. The number of carbonyl (C=O) groups excluding carboxylic acids is 4. The third-order valence-corrected chi connectivity index (χ3v) is 2.81. The van der Waals surface area contributed by atoms with E-state index in [-0.39, 0.29) is 0 Å². The Bertz CT molecular complexity index is 569. The first kappa shape index (κ1) is 25.9. The van der Waals surface area contributed by atoms with Crippen LogP contribution >= 0.6 is 0 Å². The van der Waals surface area contributed by atoms with Gasteiger partial charge in [-0.1, -0.05) is 0 Å². The Morgan fingerprint density at radius 2 is 0.893 bits per heavy atom. The predicted octanol–water partition coefficient (Wildman–Crippen LogP) is 3.09. The lowest BCUT2D eigenvalue weighted by Gasteiger charge is -2.34. The van der Waals surface area contributed by atoms with Crippen LogP contribution < -0.4 is 0 Å². The average Bonchev–Trinajstić information content (AvgIpc) is 2.29. The lowest BCUT2D eigenvalue weighted by atomic mass is 9.94. The Kier molecular flexibility index (Phi) is 8.25. The standard InChI is InChI=1S/C20H34O8/c1-13(21)25-20(16(24)28-19(8,9)10,11-14(22)26-17(2,3)4)12-15(23)27-18(5,6)7/h11-12H2,1-10H3. The SMILES string of the molecule is CC(=O)OC(CC(=O)OC(C)(C)C)(CC(=O)OC(C)(C)C)C(=O)OC(C)(C)C. The Balaban J connectivity index is 5.99. The molecule has 0 bridgehead atoms. The summed E-state index contributed by atoms with van der Waals surface area (Å²) in [6, 6.07) is 0. The first-order valence-corrected chi connectivity index (χ1v) is 9.11. The summed E-state index contributed by atoms with van der Waals surface area (Å²) in [5.74, 6) is -3.50. The third-order valence-electron chi connectivity index (χ3n) is 2.81. The van der Waals surface area contributed by atoms with Crippen LogP contribution in [0.2, 0.25) is 0 Å². The molecule has 0 atom stereocenters. The van der Waals surface area contributed by atoms with E-state index in [1.54, 1.807) is 62.3 Å². The number of ether oxygens (including phenoxy) is 4. The summed E-state index contributed by atoms with van der Waals surface area (Å²) in [5, 5.41) is 0. The second-order valence-electron chi connectivity index (χ2n) is 9.62. The fourth-order valence-electron chi connectivity index (χ4n) is 2.19. The molecule has 0 fully saturated rings. The van der Waals surface area contributed by atoms with Gasteiger partial charge in [0, 0.05) is 6.92 Å². The zero-order valence-corrected chi connectivity index (χ0v) is 18.7. The molecule has 0 aromatic carbocycles. The van der Waals surface area contributed by atoms with E-state index in [1.807, 2.05) is 0 Å². The van der Waals surface area contributed by atoms with Gasteiger partial charge in [0.15, 0.2) is 0 Å². The summed E-state index contributed by atoms with van der Waals surface area (Å²) >= 11 is 0. The van der Waals surface area contributed by atoms with E-state index in [0.29, 0.717) is 0 Å². The van der Waals surface area contributed by atoms with Gasteiger partial charge in [0.2, 0.25) is 5.60 Å². The molecular weight excluding hydrogens is 368 g/mol. The molecule has 0 spiro atoms. The molecule has 0 rings (SSSR count). The normalized spacial score (nSPS) is 12.8. The van der Waals surface area contributed by atoms with Gasteiger partial charge in [0.25, 0.3) is 0 Å². The molecule has 0 aromatic rings. The third kappa shape index (κ3) is 10.9. The van der Waals surface area contributed by atoms with Crippen molar-refractivity contribution in [1.82, 2.24) is 0 Å². The van der Waals surface area contributed by atoms with Crippen molar-refractivity contribution in [2.24, 2.45) is 0 Å². The van der Waals surface area contributed by atoms with Gasteiger partial charge >= 0.3 is 23.9 Å². The number of hydrogen-bond donors (Lipinski definition) is 0. The number of esters is 4. The Morgan fingerprint density at radius 1 is 0.571 bits per heavy atom. The molecule has 0 aliphatic heterocycles. The number of carbonyl (C=O) groups is 4. The molecule has 0 aliphatic carbocycles. The van der Waals surface area contributed by atoms with Crippen molar-refractivity contribution in [1.29, 1.82) is 0 Å². The Morgan fingerprint density at radius 3 is 1.14 bits per heavy atom. The van der Waals surface area contributed by atoms with Crippen LogP contribution in [-0.4, -0.2) is 46.3 Å². The van der Waals surface area contributed by atoms with Gasteiger partial charge in [0.05, 0.1) is 12.8 Å². The highest BCUT2D eigenvalue weighted by molar-refractivity contribution is 5.92. The van der Waals surface area contributed by atoms with Crippen LogP contribution in [0.3, 0.4) is 0 Å². The van der Waals surface area contributed by atoms with Crippen molar-refractivity contribution in [3.05, 3.63) is 0 Å². The second-order valence-corrected chi connectivity index (χ2v) is 9.62. The molecule has 28 heavy (non-hydrogen) atoms. The van der Waals surface area contributed by atoms with Gasteiger partial charge in [-0.2, -0.15) is 0 Å². The highest BCUT2D eigenvalue weighted by Gasteiger charge is 2.50. The Labute approximate surface area is 167 Å². The van der Waals surface area contributed by atoms with E-state index >= 15 is 0 Å². The molecule has 162 valence electrons. The van der Waals surface area contributed by atoms with E-state index in [1.165, 1.54) is 0 Å². The maximum atomic E-state index is 12.9. The zero-order valence-electron chi connectivity index (χ0n) is 18.7. The lowest BCUT2D eigenvalue weighted by molar-refractivity contribution is -0.199. The highest BCUT2D eigenvalue weighted by Crippen LogP contribution is 2.29. The van der Waals surface area contributed by atoms with Crippen molar-refractivity contribution >= 4 is 23.9 Å². The minimum atomic E-state index is -2.19. The predicted molar refractivity (Wildman–Crippen MR) is 101 cm³/mol. The maximum absolute atomic E-state index is 12.9. The van der Waals surface area contributed by atoms with Crippen LogP contribution in [0.4, 0.5) is 0 Å². The molecular formula is C20H34O8. The van der Waals surface area contributed by atoms with Crippen molar-refractivity contribution < 1.29 is 38.1 Å². The molecule has 8 heteroatoms. The van der Waals surface area contributed by atoms with Gasteiger partial charge < -0.3 is 18.9 Å². The average molecular weight is 402 g/mol. The number of rotatable bonds is 6. The summed E-state index contributed by atoms with van der Waals surface area (Å²) < 4.78 is 21.0. The molecule has 0 N–H and O–H groups in total. The lowest BCUT2D eigenvalue weighted by Crippen LogP contribution is -2.51. The van der Waals surface area contributed by atoms with Crippen molar-refractivity contribution in [3.8, 4) is 0 Å². The highest BCUT2D eigenvalue weighted by atomic mass is 16.6. The van der Waals surface area contributed by atoms with Crippen LogP contribution in [0.1, 0.15) is 82.1 Å². The maximum Gasteiger partial charge on any atom is 0.352 e. The summed E-state index contributed by atoms with van der Waals surface area (Å²) in [4.78, 5) is 49.5. The first-order chi connectivity index (χ1) is 12.2. The zero-order chi connectivity index (χ0) is 22.6. The van der Waals surface area contributed by atoms with Gasteiger partial charge in [0.1, 0.15) is 16.8 Å². The number of hydrogen-bond acceptors (Lipinski definition) is 8. The van der Waals surface area contributed by atoms with Gasteiger partial charge in [-0.3, -0.25) is 14.4 Å². The summed E-state index contributed by atoms with van der Waals surface area (Å²) in [6.45, 7) is 15.8. The van der Waals surface area contributed by atoms with Crippen molar-refractivity contribution in [3.63, 3.8) is 0 Å². The molecule has 8 nitrogen and oxygen atoms in total. The molecule has 0 saturated heterocycles. The molecule has 0 radical (unpaired) electrons. The summed E-state index contributed by atoms with van der Waals surface area (Å²) in [5.41, 5.74) is -4.80. The monoisotopic (exact) mass is 402 g/mol. The van der Waals surface area contributed by atoms with Crippen LogP contribution in [0.5, 0.6) is 0 Å². The van der Waals surface area contributed by atoms with E-state index in [4.69, 9.17) is 18.9 Å². The largest absolute Gasteiger partial charge is 0.460 e. The first-order valence-electron chi connectivity index (χ1n) is 9.11. The molecule has 0 saturated carbocycles. The molecule has 0 aromatic heterocycles. The van der Waals surface area contributed by atoms with Gasteiger partial charge in [-0.15, -0.1) is 0 Å². The molecule has 0 amide bonds. The minimum Gasteiger partial charge on any atom is -0.460 e. The second kappa shape index (κ2) is 8.92. The van der Waals surface area contributed by atoms with E-state index < -0.39 is 59.1 Å². The van der Waals surface area contributed by atoms with Gasteiger partial charge in [-0.25, -0.2) is 4.79 Å². The summed E-state index contributed by atoms with van der Waals surface area (Å²) in [6.07, 6.45) is -1.37. The van der Waals surface area contributed by atoms with E-state index in [2.05, 4.69) is 0 Å². The fourth-order valence-corrected chi connectivity index (χ4v) is 2.19. The van der Waals surface area contributed by atoms with Gasteiger partial charge in [-0.05, 0) is 62.3 Å². The quantitative estimate of drug-likeness (QED) is 0.493. The molecule has 0 aliphatic rings. The van der Waals surface area contributed by atoms with E-state index in [0.717, 1.165) is 6.92 Å².